The van der Waals surface area contributed by atoms with E-state index in [9.17, 15) is 8.42 Å². The van der Waals surface area contributed by atoms with Gasteiger partial charge in [-0.1, -0.05) is 12.2 Å². The minimum absolute atomic E-state index is 0.0162. The van der Waals surface area contributed by atoms with Crippen molar-refractivity contribution >= 4 is 9.84 Å². The molecule has 0 aromatic carbocycles. The molecule has 2 aliphatic rings. The van der Waals surface area contributed by atoms with Gasteiger partial charge in [0.15, 0.2) is 9.84 Å². The smallest absolute Gasteiger partial charge is 0.154 e. The molecular weight excluding hydrogens is 148 g/mol. The van der Waals surface area contributed by atoms with E-state index in [-0.39, 0.29) is 5.25 Å². The Labute approximate surface area is 60.9 Å². The molecule has 0 saturated carbocycles. The molecule has 0 unspecified atom stereocenters. The first-order valence-electron chi connectivity index (χ1n) is 3.57. The molecule has 2 atom stereocenters. The highest BCUT2D eigenvalue weighted by Gasteiger charge is 2.45. The number of allylic oxidation sites excluding steroid dienone is 2. The van der Waals surface area contributed by atoms with E-state index >= 15 is 0 Å². The monoisotopic (exact) mass is 158 g/mol. The zero-order valence-corrected chi connectivity index (χ0v) is 6.47. The van der Waals surface area contributed by atoms with Crippen LogP contribution in [-0.4, -0.2) is 19.4 Å². The second kappa shape index (κ2) is 1.84. The lowest BCUT2D eigenvalue weighted by molar-refractivity contribution is 0.441. The Bertz CT molecular complexity index is 263. The predicted octanol–water partition coefficient (Wildman–Crippen LogP) is 0.750. The van der Waals surface area contributed by atoms with Crippen LogP contribution in [0.1, 0.15) is 12.8 Å². The minimum atomic E-state index is -2.63. The van der Waals surface area contributed by atoms with Crippen molar-refractivity contribution in [1.29, 1.82) is 0 Å². The molecule has 56 valence electrons. The van der Waals surface area contributed by atoms with Crippen LogP contribution in [0.15, 0.2) is 12.2 Å². The van der Waals surface area contributed by atoms with E-state index in [4.69, 9.17) is 0 Å². The van der Waals surface area contributed by atoms with E-state index in [2.05, 4.69) is 6.08 Å². The maximum atomic E-state index is 11.0. The third kappa shape index (κ3) is 0.732. The van der Waals surface area contributed by atoms with Gasteiger partial charge in [-0.25, -0.2) is 8.42 Å². The molecule has 0 radical (unpaired) electrons. The summed E-state index contributed by atoms with van der Waals surface area (Å²) < 4.78 is 22.0. The Morgan fingerprint density at radius 2 is 1.90 bits per heavy atom. The molecule has 1 saturated heterocycles. The van der Waals surface area contributed by atoms with Gasteiger partial charge in [0.1, 0.15) is 0 Å². The molecule has 0 amide bonds. The lowest BCUT2D eigenvalue weighted by atomic mass is 9.95. The third-order valence-corrected chi connectivity index (χ3v) is 4.80. The molecule has 0 bridgehead atoms. The first kappa shape index (κ1) is 6.40. The number of hydrogen-bond acceptors (Lipinski definition) is 2. The van der Waals surface area contributed by atoms with E-state index in [0.717, 1.165) is 12.8 Å². The molecule has 0 N–H and O–H groups in total. The highest BCUT2D eigenvalue weighted by atomic mass is 32.2. The molecule has 1 aliphatic heterocycles. The van der Waals surface area contributed by atoms with Gasteiger partial charge in [0.25, 0.3) is 0 Å². The summed E-state index contributed by atoms with van der Waals surface area (Å²) in [6.07, 6.45) is 5.81. The predicted molar refractivity (Wildman–Crippen MR) is 39.4 cm³/mol. The van der Waals surface area contributed by atoms with E-state index in [1.54, 1.807) is 0 Å². The van der Waals surface area contributed by atoms with Crippen LogP contribution in [0.5, 0.6) is 0 Å². The van der Waals surface area contributed by atoms with Gasteiger partial charge in [0.2, 0.25) is 0 Å². The summed E-state index contributed by atoms with van der Waals surface area (Å²) in [7, 11) is -2.63. The number of hydrogen-bond donors (Lipinski definition) is 0. The van der Waals surface area contributed by atoms with Crippen LogP contribution in [0.4, 0.5) is 0 Å². The molecule has 1 aliphatic carbocycles. The topological polar surface area (TPSA) is 34.1 Å². The molecule has 1 heterocycles. The van der Waals surface area contributed by atoms with Crippen LogP contribution in [0.3, 0.4) is 0 Å². The zero-order valence-electron chi connectivity index (χ0n) is 5.66. The molecule has 0 aromatic heterocycles. The van der Waals surface area contributed by atoms with Crippen molar-refractivity contribution in [3.05, 3.63) is 12.2 Å². The fourth-order valence-electron chi connectivity index (χ4n) is 1.76. The third-order valence-electron chi connectivity index (χ3n) is 2.41. The van der Waals surface area contributed by atoms with Crippen LogP contribution >= 0.6 is 0 Å². The summed E-state index contributed by atoms with van der Waals surface area (Å²) in [4.78, 5) is 0. The van der Waals surface area contributed by atoms with E-state index in [1.807, 2.05) is 6.08 Å². The maximum absolute atomic E-state index is 11.0. The Balaban J connectivity index is 2.26. The van der Waals surface area contributed by atoms with Gasteiger partial charge in [-0.05, 0) is 18.8 Å². The molecule has 1 fully saturated rings. The fraction of sp³-hybridized carbons (Fsp3) is 0.714. The van der Waals surface area contributed by atoms with Crippen molar-refractivity contribution in [2.45, 2.75) is 18.1 Å². The quantitative estimate of drug-likeness (QED) is 0.487. The fourth-order valence-corrected chi connectivity index (χ4v) is 3.81. The van der Waals surface area contributed by atoms with Gasteiger partial charge in [0.05, 0.1) is 11.0 Å². The maximum Gasteiger partial charge on any atom is 0.154 e. The molecular formula is C7H10O2S. The van der Waals surface area contributed by atoms with Gasteiger partial charge in [-0.2, -0.15) is 0 Å². The zero-order chi connectivity index (χ0) is 7.19. The van der Waals surface area contributed by atoms with Gasteiger partial charge in [-0.3, -0.25) is 0 Å². The number of sulfone groups is 1. The van der Waals surface area contributed by atoms with Crippen LogP contribution < -0.4 is 0 Å². The van der Waals surface area contributed by atoms with E-state index < -0.39 is 9.84 Å². The summed E-state index contributed by atoms with van der Waals surface area (Å²) >= 11 is 0. The van der Waals surface area contributed by atoms with Crippen LogP contribution in [0.2, 0.25) is 0 Å². The van der Waals surface area contributed by atoms with Crippen molar-refractivity contribution in [3.63, 3.8) is 0 Å². The first-order chi connectivity index (χ1) is 4.70. The number of rotatable bonds is 0. The van der Waals surface area contributed by atoms with Crippen molar-refractivity contribution in [3.8, 4) is 0 Å². The average Bonchev–Trinajstić information content (AvgIpc) is 1.86. The van der Waals surface area contributed by atoms with Crippen LogP contribution in [0.25, 0.3) is 0 Å². The van der Waals surface area contributed by atoms with Gasteiger partial charge >= 0.3 is 0 Å². The van der Waals surface area contributed by atoms with Crippen molar-refractivity contribution in [1.82, 2.24) is 0 Å². The average molecular weight is 158 g/mol. The van der Waals surface area contributed by atoms with Gasteiger partial charge in [-0.15, -0.1) is 0 Å². The minimum Gasteiger partial charge on any atom is -0.229 e. The Morgan fingerprint density at radius 3 is 2.40 bits per heavy atom. The SMILES string of the molecule is O=S1(=O)C[C@@H]2CC=CC[C@H]21. The van der Waals surface area contributed by atoms with Gasteiger partial charge in [0, 0.05) is 0 Å². The van der Waals surface area contributed by atoms with Crippen molar-refractivity contribution in [2.24, 2.45) is 5.92 Å². The Hall–Kier alpha value is -0.310. The highest BCUT2D eigenvalue weighted by molar-refractivity contribution is 7.93. The molecule has 2 nitrogen and oxygen atoms in total. The lowest BCUT2D eigenvalue weighted by Crippen LogP contribution is -2.47. The van der Waals surface area contributed by atoms with E-state index in [1.165, 1.54) is 0 Å². The van der Waals surface area contributed by atoms with Crippen molar-refractivity contribution < 1.29 is 8.42 Å². The second-order valence-corrected chi connectivity index (χ2v) is 5.34. The second-order valence-electron chi connectivity index (χ2n) is 3.07. The molecule has 10 heavy (non-hydrogen) atoms. The molecule has 2 rings (SSSR count). The standard InChI is InChI=1S/C7H10O2S/c8-10(9)5-6-3-1-2-4-7(6)10/h1-2,6-7H,3-5H2/t6-,7+/m0/s1. The normalized spacial score (nSPS) is 42.0. The van der Waals surface area contributed by atoms with Crippen LogP contribution in [0, 0.1) is 5.92 Å². The Kier molecular flexibility index (Phi) is 1.18. The summed E-state index contributed by atoms with van der Waals surface area (Å²) in [6, 6.07) is 0. The molecule has 0 spiro atoms. The summed E-state index contributed by atoms with van der Waals surface area (Å²) in [6.45, 7) is 0. The lowest BCUT2D eigenvalue weighted by Gasteiger charge is -2.37. The van der Waals surface area contributed by atoms with E-state index in [0.29, 0.717) is 11.7 Å². The first-order valence-corrected chi connectivity index (χ1v) is 5.28. The summed E-state index contributed by atoms with van der Waals surface area (Å²) in [5.74, 6) is 0.886. The molecule has 0 aromatic rings. The van der Waals surface area contributed by atoms with Crippen molar-refractivity contribution in [2.75, 3.05) is 5.75 Å². The summed E-state index contributed by atoms with van der Waals surface area (Å²) in [5, 5.41) is -0.0162. The Morgan fingerprint density at radius 1 is 1.20 bits per heavy atom. The molecule has 3 heteroatoms. The van der Waals surface area contributed by atoms with Crippen LogP contribution in [-0.2, 0) is 9.84 Å². The highest BCUT2D eigenvalue weighted by Crippen LogP contribution is 2.36. The largest absolute Gasteiger partial charge is 0.229 e. The number of fused-ring (bicyclic) bond motifs is 1. The van der Waals surface area contributed by atoms with Gasteiger partial charge < -0.3 is 0 Å². The summed E-state index contributed by atoms with van der Waals surface area (Å²) in [5.41, 5.74) is 0.